The summed E-state index contributed by atoms with van der Waals surface area (Å²) in [5, 5.41) is 0. The molecule has 1 aromatic rings. The molecule has 0 aliphatic carbocycles. The number of rotatable bonds is 3. The lowest BCUT2D eigenvalue weighted by molar-refractivity contribution is -0.0722. The topological polar surface area (TPSA) is 35.5 Å². The first-order chi connectivity index (χ1) is 8.95. The average Bonchev–Trinajstić information content (AvgIpc) is 2.26. The van der Waals surface area contributed by atoms with Crippen LogP contribution in [0, 0.1) is 0 Å². The molecule has 1 aliphatic heterocycles. The molecule has 1 aliphatic rings. The van der Waals surface area contributed by atoms with E-state index in [0.29, 0.717) is 11.3 Å². The Morgan fingerprint density at radius 2 is 1.95 bits per heavy atom. The van der Waals surface area contributed by atoms with Crippen molar-refractivity contribution in [3.05, 3.63) is 28.2 Å². The second kappa shape index (κ2) is 6.06. The highest BCUT2D eigenvalue weighted by molar-refractivity contribution is 9.10. The summed E-state index contributed by atoms with van der Waals surface area (Å²) in [6.45, 7) is 5.67. The van der Waals surface area contributed by atoms with Gasteiger partial charge in [-0.15, -0.1) is 0 Å². The summed E-state index contributed by atoms with van der Waals surface area (Å²) in [6.07, 6.45) is 2.21. The van der Waals surface area contributed by atoms with Crippen LogP contribution in [0.3, 0.4) is 0 Å². The number of halogens is 1. The first-order valence-electron chi connectivity index (χ1n) is 6.58. The first-order valence-corrected chi connectivity index (χ1v) is 7.37. The van der Waals surface area contributed by atoms with Gasteiger partial charge in [-0.1, -0.05) is 15.9 Å². The third-order valence-corrected chi connectivity index (χ3v) is 3.76. The average molecular weight is 327 g/mol. The minimum atomic E-state index is 0.0238. The van der Waals surface area contributed by atoms with Crippen LogP contribution in [-0.4, -0.2) is 24.1 Å². The van der Waals surface area contributed by atoms with Crippen LogP contribution in [0.25, 0.3) is 0 Å². The number of carbonyl (C=O) groups excluding carboxylic acids is 1. The fraction of sp³-hybridized carbons (Fsp3) is 0.533. The fourth-order valence-electron chi connectivity index (χ4n) is 2.50. The molecule has 2 atom stereocenters. The van der Waals surface area contributed by atoms with E-state index in [9.17, 15) is 4.79 Å². The van der Waals surface area contributed by atoms with E-state index < -0.39 is 0 Å². The molecule has 0 spiro atoms. The van der Waals surface area contributed by atoms with Gasteiger partial charge in [0.1, 0.15) is 11.9 Å². The van der Waals surface area contributed by atoms with Gasteiger partial charge in [-0.3, -0.25) is 4.79 Å². The van der Waals surface area contributed by atoms with E-state index in [1.807, 2.05) is 12.1 Å². The van der Waals surface area contributed by atoms with Crippen LogP contribution < -0.4 is 4.74 Å². The molecule has 2 unspecified atom stereocenters. The van der Waals surface area contributed by atoms with Crippen LogP contribution in [0.2, 0.25) is 0 Å². The van der Waals surface area contributed by atoms with Crippen LogP contribution in [0.4, 0.5) is 0 Å². The second-order valence-electron chi connectivity index (χ2n) is 5.17. The summed E-state index contributed by atoms with van der Waals surface area (Å²) in [6, 6.07) is 5.52. The zero-order valence-electron chi connectivity index (χ0n) is 11.5. The Hall–Kier alpha value is -0.870. The van der Waals surface area contributed by atoms with Crippen molar-refractivity contribution in [2.45, 2.75) is 51.9 Å². The molecule has 1 saturated heterocycles. The zero-order chi connectivity index (χ0) is 14.0. The van der Waals surface area contributed by atoms with Crippen molar-refractivity contribution in [1.82, 2.24) is 0 Å². The van der Waals surface area contributed by atoms with E-state index in [2.05, 4.69) is 29.8 Å². The molecule has 0 saturated carbocycles. The van der Waals surface area contributed by atoms with Gasteiger partial charge >= 0.3 is 0 Å². The molecule has 0 amide bonds. The summed E-state index contributed by atoms with van der Waals surface area (Å²) < 4.78 is 12.7. The van der Waals surface area contributed by atoms with Crippen LogP contribution in [0.5, 0.6) is 5.75 Å². The number of carbonyl (C=O) groups is 1. The van der Waals surface area contributed by atoms with E-state index >= 15 is 0 Å². The molecule has 0 aromatic heterocycles. The van der Waals surface area contributed by atoms with E-state index in [1.54, 1.807) is 13.0 Å². The molecule has 1 heterocycles. The molecule has 4 heteroatoms. The summed E-state index contributed by atoms with van der Waals surface area (Å²) in [5.41, 5.74) is 0.634. The van der Waals surface area contributed by atoms with Gasteiger partial charge in [0, 0.05) is 17.3 Å². The highest BCUT2D eigenvalue weighted by atomic mass is 79.9. The highest BCUT2D eigenvalue weighted by Gasteiger charge is 2.26. The highest BCUT2D eigenvalue weighted by Crippen LogP contribution is 2.29. The second-order valence-corrected chi connectivity index (χ2v) is 6.08. The number of ether oxygens (including phenoxy) is 2. The van der Waals surface area contributed by atoms with Crippen LogP contribution in [0.15, 0.2) is 22.7 Å². The Kier molecular flexibility index (Phi) is 4.63. The van der Waals surface area contributed by atoms with E-state index in [1.165, 1.54) is 0 Å². The Morgan fingerprint density at radius 1 is 1.32 bits per heavy atom. The van der Waals surface area contributed by atoms with Gasteiger partial charge in [-0.25, -0.2) is 0 Å². The molecular formula is C15H19BrO3. The lowest BCUT2D eigenvalue weighted by Crippen LogP contribution is -2.35. The van der Waals surface area contributed by atoms with Gasteiger partial charge in [-0.05, 0) is 39.0 Å². The zero-order valence-corrected chi connectivity index (χ0v) is 13.1. The number of Topliss-reactive ketones (excluding diaryl/α,β-unsaturated/α-hetero) is 1. The molecule has 3 nitrogen and oxygen atoms in total. The fourth-order valence-corrected chi connectivity index (χ4v) is 2.84. The maximum absolute atomic E-state index is 11.6. The smallest absolute Gasteiger partial charge is 0.163 e. The molecule has 0 N–H and O–H groups in total. The number of hydrogen-bond acceptors (Lipinski definition) is 3. The van der Waals surface area contributed by atoms with E-state index in [-0.39, 0.29) is 24.1 Å². The molecule has 0 bridgehead atoms. The van der Waals surface area contributed by atoms with E-state index in [0.717, 1.165) is 17.3 Å². The Labute approximate surface area is 122 Å². The summed E-state index contributed by atoms with van der Waals surface area (Å²) >= 11 is 3.42. The van der Waals surface area contributed by atoms with Crippen molar-refractivity contribution in [3.8, 4) is 5.75 Å². The third-order valence-electron chi connectivity index (χ3n) is 3.27. The van der Waals surface area contributed by atoms with Crippen molar-refractivity contribution < 1.29 is 14.3 Å². The Bertz CT molecular complexity index is 462. The maximum Gasteiger partial charge on any atom is 0.163 e. The summed E-state index contributed by atoms with van der Waals surface area (Å²) in [4.78, 5) is 11.6. The lowest BCUT2D eigenvalue weighted by Gasteiger charge is -2.32. The van der Waals surface area contributed by atoms with Crippen LogP contribution in [-0.2, 0) is 4.74 Å². The van der Waals surface area contributed by atoms with Crippen molar-refractivity contribution in [1.29, 1.82) is 0 Å². The summed E-state index contributed by atoms with van der Waals surface area (Å²) in [5.74, 6) is 0.684. The minimum Gasteiger partial charge on any atom is -0.489 e. The number of ketones is 1. The lowest BCUT2D eigenvalue weighted by atomic mass is 10.0. The minimum absolute atomic E-state index is 0.0238. The predicted octanol–water partition coefficient (Wildman–Crippen LogP) is 3.99. The van der Waals surface area contributed by atoms with Crippen molar-refractivity contribution >= 4 is 21.7 Å². The Balaban J connectivity index is 2.18. The van der Waals surface area contributed by atoms with Gasteiger partial charge in [0.2, 0.25) is 0 Å². The van der Waals surface area contributed by atoms with Gasteiger partial charge in [0.05, 0.1) is 17.8 Å². The van der Waals surface area contributed by atoms with Crippen LogP contribution in [0.1, 0.15) is 44.0 Å². The first kappa shape index (κ1) is 14.5. The summed E-state index contributed by atoms with van der Waals surface area (Å²) in [7, 11) is 0. The normalized spacial score (nSPS) is 27.1. The van der Waals surface area contributed by atoms with Gasteiger partial charge in [-0.2, -0.15) is 0 Å². The molecule has 19 heavy (non-hydrogen) atoms. The Morgan fingerprint density at radius 3 is 2.53 bits per heavy atom. The van der Waals surface area contributed by atoms with E-state index in [4.69, 9.17) is 9.47 Å². The largest absolute Gasteiger partial charge is 0.489 e. The van der Waals surface area contributed by atoms with Gasteiger partial charge in [0.25, 0.3) is 0 Å². The monoisotopic (exact) mass is 326 g/mol. The molecular weight excluding hydrogens is 308 g/mol. The van der Waals surface area contributed by atoms with Crippen molar-refractivity contribution in [2.75, 3.05) is 0 Å². The molecule has 1 fully saturated rings. The standard InChI is InChI=1S/C15H19BrO3/c1-9-6-13(7-10(2)18-9)19-15-8-12(16)4-5-14(15)11(3)17/h4-5,8-10,13H,6-7H2,1-3H3. The molecule has 2 rings (SSSR count). The van der Waals surface area contributed by atoms with Crippen molar-refractivity contribution in [3.63, 3.8) is 0 Å². The predicted molar refractivity (Wildman–Crippen MR) is 77.8 cm³/mol. The van der Waals surface area contributed by atoms with Crippen LogP contribution >= 0.6 is 15.9 Å². The van der Waals surface area contributed by atoms with Crippen molar-refractivity contribution in [2.24, 2.45) is 0 Å². The van der Waals surface area contributed by atoms with Gasteiger partial charge in [0.15, 0.2) is 5.78 Å². The quantitative estimate of drug-likeness (QED) is 0.788. The number of benzene rings is 1. The molecule has 104 valence electrons. The third kappa shape index (κ3) is 3.80. The SMILES string of the molecule is CC(=O)c1ccc(Br)cc1OC1CC(C)OC(C)C1. The molecule has 1 aromatic carbocycles. The molecule has 0 radical (unpaired) electrons. The number of hydrogen-bond donors (Lipinski definition) is 0. The maximum atomic E-state index is 11.6. The van der Waals surface area contributed by atoms with Gasteiger partial charge < -0.3 is 9.47 Å².